The smallest absolute Gasteiger partial charge is 0.349 e. The molecule has 0 saturated carbocycles. The first-order chi connectivity index (χ1) is 9.67. The van der Waals surface area contributed by atoms with Crippen molar-refractivity contribution < 1.29 is 19.0 Å². The second-order valence-corrected chi connectivity index (χ2v) is 4.81. The van der Waals surface area contributed by atoms with Gasteiger partial charge in [0.05, 0.1) is 7.11 Å². The molecule has 2 aromatic carbocycles. The Balaban J connectivity index is 1.87. The first kappa shape index (κ1) is 14.4. The predicted octanol–water partition coefficient (Wildman–Crippen LogP) is 3.44. The van der Waals surface area contributed by atoms with Crippen LogP contribution in [-0.4, -0.2) is 19.7 Å². The van der Waals surface area contributed by atoms with E-state index in [9.17, 15) is 4.79 Å². The monoisotopic (exact) mass is 336 g/mol. The van der Waals surface area contributed by atoms with Gasteiger partial charge in [0.1, 0.15) is 17.2 Å². The van der Waals surface area contributed by atoms with Gasteiger partial charge in [-0.05, 0) is 36.4 Å². The lowest BCUT2D eigenvalue weighted by molar-refractivity contribution is -0.136. The summed E-state index contributed by atoms with van der Waals surface area (Å²) < 4.78 is 16.5. The van der Waals surface area contributed by atoms with Crippen LogP contribution < -0.4 is 14.2 Å². The van der Waals surface area contributed by atoms with Crippen LogP contribution in [0.1, 0.15) is 0 Å². The van der Waals surface area contributed by atoms with Gasteiger partial charge in [-0.3, -0.25) is 0 Å². The van der Waals surface area contributed by atoms with Crippen molar-refractivity contribution in [3.63, 3.8) is 0 Å². The van der Waals surface area contributed by atoms with Crippen molar-refractivity contribution >= 4 is 21.9 Å². The van der Waals surface area contributed by atoms with Crippen LogP contribution in [0.4, 0.5) is 0 Å². The van der Waals surface area contributed by atoms with E-state index in [1.54, 1.807) is 55.6 Å². The van der Waals surface area contributed by atoms with Crippen molar-refractivity contribution in [3.8, 4) is 17.2 Å². The average molecular weight is 337 g/mol. The van der Waals surface area contributed by atoms with Gasteiger partial charge < -0.3 is 14.2 Å². The fraction of sp³-hybridized carbons (Fsp3) is 0.133. The number of hydrogen-bond donors (Lipinski definition) is 0. The highest BCUT2D eigenvalue weighted by Crippen LogP contribution is 2.19. The highest BCUT2D eigenvalue weighted by molar-refractivity contribution is 9.10. The van der Waals surface area contributed by atoms with E-state index >= 15 is 0 Å². The van der Waals surface area contributed by atoms with E-state index in [0.29, 0.717) is 17.2 Å². The molecule has 2 rings (SSSR count). The van der Waals surface area contributed by atoms with Gasteiger partial charge in [-0.1, -0.05) is 22.0 Å². The lowest BCUT2D eigenvalue weighted by Gasteiger charge is -2.08. The molecular formula is C15H13BrO4. The fourth-order valence-electron chi connectivity index (χ4n) is 1.50. The molecule has 0 fully saturated rings. The highest BCUT2D eigenvalue weighted by atomic mass is 79.9. The molecule has 0 spiro atoms. The topological polar surface area (TPSA) is 44.8 Å². The molecule has 5 heteroatoms. The minimum absolute atomic E-state index is 0.163. The number of methoxy groups -OCH3 is 1. The quantitative estimate of drug-likeness (QED) is 0.619. The minimum Gasteiger partial charge on any atom is -0.497 e. The Morgan fingerprint density at radius 1 is 1.05 bits per heavy atom. The van der Waals surface area contributed by atoms with E-state index in [-0.39, 0.29) is 6.61 Å². The van der Waals surface area contributed by atoms with Crippen LogP contribution in [0.2, 0.25) is 0 Å². The Morgan fingerprint density at radius 2 is 1.75 bits per heavy atom. The van der Waals surface area contributed by atoms with E-state index in [1.807, 2.05) is 0 Å². The lowest BCUT2D eigenvalue weighted by atomic mass is 10.3. The van der Waals surface area contributed by atoms with E-state index in [2.05, 4.69) is 15.9 Å². The van der Waals surface area contributed by atoms with Crippen molar-refractivity contribution in [2.75, 3.05) is 13.7 Å². The van der Waals surface area contributed by atoms with E-state index in [1.165, 1.54) is 0 Å². The second kappa shape index (κ2) is 6.96. The number of carbonyl (C=O) groups excluding carboxylic acids is 1. The molecule has 0 aromatic heterocycles. The third-order valence-corrected chi connectivity index (χ3v) is 2.97. The summed E-state index contributed by atoms with van der Waals surface area (Å²) in [6, 6.07) is 14.0. The van der Waals surface area contributed by atoms with Crippen LogP contribution in [0.3, 0.4) is 0 Å². The normalized spacial score (nSPS) is 9.90. The molecule has 0 radical (unpaired) electrons. The zero-order valence-corrected chi connectivity index (χ0v) is 12.4. The van der Waals surface area contributed by atoms with Gasteiger partial charge in [-0.25, -0.2) is 4.79 Å². The average Bonchev–Trinajstić information content (AvgIpc) is 2.48. The van der Waals surface area contributed by atoms with Crippen LogP contribution in [0.5, 0.6) is 17.2 Å². The Labute approximate surface area is 125 Å². The molecule has 20 heavy (non-hydrogen) atoms. The maximum atomic E-state index is 11.6. The molecule has 0 bridgehead atoms. The molecule has 0 N–H and O–H groups in total. The Bertz CT molecular complexity index is 581. The van der Waals surface area contributed by atoms with Gasteiger partial charge in [0.2, 0.25) is 0 Å². The molecule has 0 amide bonds. The number of ether oxygens (including phenoxy) is 3. The first-order valence-electron chi connectivity index (χ1n) is 5.90. The van der Waals surface area contributed by atoms with Gasteiger partial charge in [-0.2, -0.15) is 0 Å². The molecule has 0 aliphatic rings. The van der Waals surface area contributed by atoms with E-state index in [4.69, 9.17) is 14.2 Å². The molecule has 104 valence electrons. The fourth-order valence-corrected chi connectivity index (χ4v) is 1.76. The molecular weight excluding hydrogens is 324 g/mol. The van der Waals surface area contributed by atoms with Crippen molar-refractivity contribution in [1.82, 2.24) is 0 Å². The van der Waals surface area contributed by atoms with Crippen molar-refractivity contribution in [2.45, 2.75) is 0 Å². The van der Waals surface area contributed by atoms with Crippen LogP contribution >= 0.6 is 15.9 Å². The summed E-state index contributed by atoms with van der Waals surface area (Å²) in [5.74, 6) is 1.24. The summed E-state index contributed by atoms with van der Waals surface area (Å²) in [5.41, 5.74) is 0. The Hall–Kier alpha value is -2.01. The molecule has 0 saturated heterocycles. The summed E-state index contributed by atoms with van der Waals surface area (Å²) in [6.45, 7) is -0.163. The number of halogens is 1. The zero-order valence-electron chi connectivity index (χ0n) is 10.8. The largest absolute Gasteiger partial charge is 0.497 e. The van der Waals surface area contributed by atoms with Crippen LogP contribution in [0.25, 0.3) is 0 Å². The van der Waals surface area contributed by atoms with Gasteiger partial charge in [0.15, 0.2) is 6.61 Å². The van der Waals surface area contributed by atoms with Crippen LogP contribution in [0.15, 0.2) is 53.0 Å². The Kier molecular flexibility index (Phi) is 5.01. The van der Waals surface area contributed by atoms with Gasteiger partial charge >= 0.3 is 5.97 Å². The zero-order chi connectivity index (χ0) is 14.4. The molecule has 4 nitrogen and oxygen atoms in total. The van der Waals surface area contributed by atoms with E-state index in [0.717, 1.165) is 4.47 Å². The van der Waals surface area contributed by atoms with Gasteiger partial charge in [0, 0.05) is 10.5 Å². The standard InChI is InChI=1S/C15H13BrO4/c1-18-13-3-2-4-14(9-13)19-10-15(17)20-12-7-5-11(16)6-8-12/h2-9H,10H2,1H3. The summed E-state index contributed by atoms with van der Waals surface area (Å²) in [5, 5.41) is 0. The number of hydrogen-bond acceptors (Lipinski definition) is 4. The number of benzene rings is 2. The lowest BCUT2D eigenvalue weighted by Crippen LogP contribution is -2.17. The maximum Gasteiger partial charge on any atom is 0.349 e. The molecule has 0 heterocycles. The molecule has 0 unspecified atom stereocenters. The van der Waals surface area contributed by atoms with Crippen molar-refractivity contribution in [3.05, 3.63) is 53.0 Å². The SMILES string of the molecule is COc1cccc(OCC(=O)Oc2ccc(Br)cc2)c1. The summed E-state index contributed by atoms with van der Waals surface area (Å²) in [7, 11) is 1.57. The van der Waals surface area contributed by atoms with Gasteiger partial charge in [-0.15, -0.1) is 0 Å². The molecule has 0 aliphatic carbocycles. The summed E-state index contributed by atoms with van der Waals surface area (Å²) in [4.78, 5) is 11.6. The number of carbonyl (C=O) groups is 1. The third-order valence-electron chi connectivity index (χ3n) is 2.44. The third kappa shape index (κ3) is 4.28. The Morgan fingerprint density at radius 3 is 2.45 bits per heavy atom. The van der Waals surface area contributed by atoms with Gasteiger partial charge in [0.25, 0.3) is 0 Å². The predicted molar refractivity (Wildman–Crippen MR) is 78.3 cm³/mol. The van der Waals surface area contributed by atoms with Crippen molar-refractivity contribution in [2.24, 2.45) is 0 Å². The summed E-state index contributed by atoms with van der Waals surface area (Å²) in [6.07, 6.45) is 0. The minimum atomic E-state index is -0.463. The van der Waals surface area contributed by atoms with Crippen LogP contribution in [-0.2, 0) is 4.79 Å². The summed E-state index contributed by atoms with van der Waals surface area (Å²) >= 11 is 3.31. The second-order valence-electron chi connectivity index (χ2n) is 3.90. The van der Waals surface area contributed by atoms with Crippen molar-refractivity contribution in [1.29, 1.82) is 0 Å². The maximum absolute atomic E-state index is 11.6. The molecule has 0 aliphatic heterocycles. The molecule has 2 aromatic rings. The molecule has 0 atom stereocenters. The first-order valence-corrected chi connectivity index (χ1v) is 6.70. The van der Waals surface area contributed by atoms with E-state index < -0.39 is 5.97 Å². The number of rotatable bonds is 5. The highest BCUT2D eigenvalue weighted by Gasteiger charge is 2.06. The van der Waals surface area contributed by atoms with Crippen LogP contribution in [0, 0.1) is 0 Å². The number of esters is 1.